The van der Waals surface area contributed by atoms with Crippen molar-refractivity contribution >= 4 is 0 Å². The van der Waals surface area contributed by atoms with Crippen LogP contribution < -0.4 is 0 Å². The van der Waals surface area contributed by atoms with Crippen molar-refractivity contribution in [1.29, 1.82) is 0 Å². The van der Waals surface area contributed by atoms with E-state index in [1.807, 2.05) is 10.8 Å². The van der Waals surface area contributed by atoms with Crippen LogP contribution >= 0.6 is 0 Å². The van der Waals surface area contributed by atoms with Crippen LogP contribution in [0.15, 0.2) is 55.1 Å². The summed E-state index contributed by atoms with van der Waals surface area (Å²) in [5.41, 5.74) is 3.57. The van der Waals surface area contributed by atoms with E-state index >= 15 is 0 Å². The Labute approximate surface area is 142 Å². The fourth-order valence-electron chi connectivity index (χ4n) is 2.62. The summed E-state index contributed by atoms with van der Waals surface area (Å²) in [6.45, 7) is 0.726. The van der Waals surface area contributed by atoms with E-state index in [2.05, 4.69) is 20.2 Å². The van der Waals surface area contributed by atoms with Gasteiger partial charge >= 0.3 is 0 Å². The predicted molar refractivity (Wildman–Crippen MR) is 89.7 cm³/mol. The molecule has 4 rings (SSSR count). The Morgan fingerprint density at radius 2 is 1.80 bits per heavy atom. The minimum absolute atomic E-state index is 0.234. The largest absolute Gasteiger partial charge is 0.336 e. The molecule has 0 unspecified atom stereocenters. The second-order valence-corrected chi connectivity index (χ2v) is 5.74. The van der Waals surface area contributed by atoms with Crippen molar-refractivity contribution < 1.29 is 8.78 Å². The van der Waals surface area contributed by atoms with Gasteiger partial charge in [-0.25, -0.2) is 9.37 Å². The lowest BCUT2D eigenvalue weighted by Crippen LogP contribution is -2.01. The van der Waals surface area contributed by atoms with Crippen molar-refractivity contribution in [2.24, 2.45) is 0 Å². The quantitative estimate of drug-likeness (QED) is 0.581. The van der Waals surface area contributed by atoms with E-state index in [1.54, 1.807) is 36.8 Å². The van der Waals surface area contributed by atoms with Gasteiger partial charge in [0.15, 0.2) is 0 Å². The van der Waals surface area contributed by atoms with Crippen LogP contribution in [-0.4, -0.2) is 24.7 Å². The van der Waals surface area contributed by atoms with Crippen LogP contribution in [0.5, 0.6) is 0 Å². The van der Waals surface area contributed by atoms with E-state index in [4.69, 9.17) is 0 Å². The van der Waals surface area contributed by atoms with Crippen LogP contribution in [-0.2, 0) is 13.0 Å². The zero-order valence-electron chi connectivity index (χ0n) is 13.2. The maximum Gasteiger partial charge on any atom is 0.231 e. The molecule has 0 aliphatic rings. The Hall–Kier alpha value is -3.22. The van der Waals surface area contributed by atoms with Gasteiger partial charge in [-0.3, -0.25) is 15.2 Å². The summed E-state index contributed by atoms with van der Waals surface area (Å²) in [7, 11) is 0. The molecular formula is C18H15F2N5. The number of rotatable bonds is 5. The molecule has 0 spiro atoms. The Balaban J connectivity index is 1.49. The first-order chi connectivity index (χ1) is 12.2. The molecule has 0 saturated carbocycles. The van der Waals surface area contributed by atoms with Gasteiger partial charge in [-0.1, -0.05) is 12.1 Å². The number of halogens is 2. The van der Waals surface area contributed by atoms with E-state index in [0.29, 0.717) is 22.6 Å². The van der Waals surface area contributed by atoms with Gasteiger partial charge in [0.25, 0.3) is 0 Å². The molecule has 0 radical (unpaired) electrons. The van der Waals surface area contributed by atoms with Crippen LogP contribution in [0, 0.1) is 11.8 Å². The number of imidazole rings is 1. The Morgan fingerprint density at radius 1 is 0.960 bits per heavy atom. The number of nitrogens with zero attached hydrogens (tertiary/aromatic N) is 3. The first-order valence-corrected chi connectivity index (χ1v) is 7.84. The monoisotopic (exact) mass is 339 g/mol. The van der Waals surface area contributed by atoms with Crippen molar-refractivity contribution in [3.8, 4) is 22.6 Å². The van der Waals surface area contributed by atoms with Gasteiger partial charge in [-0.2, -0.15) is 4.39 Å². The lowest BCUT2D eigenvalue weighted by Gasteiger charge is -2.08. The molecule has 5 nitrogen and oxygen atoms in total. The minimum atomic E-state index is -0.387. The van der Waals surface area contributed by atoms with Gasteiger partial charge in [-0.15, -0.1) is 0 Å². The number of aromatic amines is 2. The molecule has 0 atom stereocenters. The van der Waals surface area contributed by atoms with Gasteiger partial charge in [0.05, 0.1) is 12.0 Å². The standard InChI is InChI=1S/C18H15F2N5/c19-14-3-1-12(2-4-14)6-8-25-10-16(22-11-25)15-9-13(5-7-21-15)17-18(20)24-23-17/h1-5,7,9-11,23-24H,6,8H2. The zero-order chi connectivity index (χ0) is 17.2. The maximum atomic E-state index is 13.3. The molecule has 0 aliphatic heterocycles. The molecule has 0 amide bonds. The molecule has 126 valence electrons. The summed E-state index contributed by atoms with van der Waals surface area (Å²) < 4.78 is 28.2. The number of hydrogen-bond acceptors (Lipinski definition) is 2. The summed E-state index contributed by atoms with van der Waals surface area (Å²) in [5, 5.41) is 5.07. The lowest BCUT2D eigenvalue weighted by atomic mass is 10.1. The number of hydrogen-bond donors (Lipinski definition) is 2. The third-order valence-electron chi connectivity index (χ3n) is 4.03. The lowest BCUT2D eigenvalue weighted by molar-refractivity contribution is 0.533. The van der Waals surface area contributed by atoms with Crippen molar-refractivity contribution in [2.45, 2.75) is 13.0 Å². The van der Waals surface area contributed by atoms with Crippen LogP contribution in [0.3, 0.4) is 0 Å². The van der Waals surface area contributed by atoms with Gasteiger partial charge in [0, 0.05) is 24.5 Å². The fourth-order valence-corrected chi connectivity index (χ4v) is 2.62. The number of aryl methyl sites for hydroxylation is 2. The van der Waals surface area contributed by atoms with Crippen LogP contribution in [0.25, 0.3) is 22.6 Å². The average Bonchev–Trinajstić information content (AvgIpc) is 3.09. The van der Waals surface area contributed by atoms with Crippen LogP contribution in [0.2, 0.25) is 0 Å². The van der Waals surface area contributed by atoms with Crippen molar-refractivity contribution in [1.82, 2.24) is 24.7 Å². The van der Waals surface area contributed by atoms with Gasteiger partial charge in [0.2, 0.25) is 5.95 Å². The van der Waals surface area contributed by atoms with Gasteiger partial charge in [-0.05, 0) is 36.2 Å². The topological polar surface area (TPSA) is 62.3 Å². The molecule has 3 aromatic heterocycles. The number of pyridine rings is 1. The second kappa shape index (κ2) is 6.35. The maximum absolute atomic E-state index is 13.3. The van der Waals surface area contributed by atoms with E-state index < -0.39 is 0 Å². The molecule has 4 aromatic rings. The highest BCUT2D eigenvalue weighted by molar-refractivity contribution is 5.66. The van der Waals surface area contributed by atoms with Gasteiger partial charge in [0.1, 0.15) is 17.2 Å². The molecular weight excluding hydrogens is 324 g/mol. The molecule has 0 aliphatic carbocycles. The summed E-state index contributed by atoms with van der Waals surface area (Å²) >= 11 is 0. The summed E-state index contributed by atoms with van der Waals surface area (Å²) in [5.74, 6) is -0.621. The minimum Gasteiger partial charge on any atom is -0.336 e. The first-order valence-electron chi connectivity index (χ1n) is 7.84. The summed E-state index contributed by atoms with van der Waals surface area (Å²) in [6.07, 6.45) is 6.03. The number of nitrogens with one attached hydrogen (secondary N) is 2. The van der Waals surface area contributed by atoms with E-state index in [-0.39, 0.29) is 11.8 Å². The van der Waals surface area contributed by atoms with Gasteiger partial charge < -0.3 is 4.57 Å². The van der Waals surface area contributed by atoms with Crippen molar-refractivity contribution in [3.05, 3.63) is 72.4 Å². The smallest absolute Gasteiger partial charge is 0.231 e. The highest BCUT2D eigenvalue weighted by Crippen LogP contribution is 2.24. The molecule has 0 saturated heterocycles. The SMILES string of the molecule is Fc1ccc(CCn2cnc(-c3cc(-c4[nH][nH]c4F)ccn3)c2)cc1. The van der Waals surface area contributed by atoms with E-state index in [0.717, 1.165) is 18.5 Å². The first kappa shape index (κ1) is 15.3. The number of H-pyrrole nitrogens is 2. The Morgan fingerprint density at radius 3 is 2.52 bits per heavy atom. The van der Waals surface area contributed by atoms with Crippen molar-refractivity contribution in [3.63, 3.8) is 0 Å². The predicted octanol–water partition coefficient (Wildman–Crippen LogP) is 3.79. The molecule has 2 N–H and O–H groups in total. The molecule has 3 heterocycles. The van der Waals surface area contributed by atoms with Crippen LogP contribution in [0.1, 0.15) is 5.56 Å². The molecule has 1 aromatic carbocycles. The number of benzene rings is 1. The third-order valence-corrected chi connectivity index (χ3v) is 4.03. The summed E-state index contributed by atoms with van der Waals surface area (Å²) in [4.78, 5) is 8.68. The molecule has 7 heteroatoms. The zero-order valence-corrected chi connectivity index (χ0v) is 13.2. The van der Waals surface area contributed by atoms with E-state index in [1.165, 1.54) is 12.1 Å². The highest BCUT2D eigenvalue weighted by Gasteiger charge is 2.11. The normalized spacial score (nSPS) is 11.1. The molecule has 0 fully saturated rings. The summed E-state index contributed by atoms with van der Waals surface area (Å²) in [6, 6.07) is 10.00. The Kier molecular flexibility index (Phi) is 3.89. The molecule has 25 heavy (non-hydrogen) atoms. The highest BCUT2D eigenvalue weighted by atomic mass is 19.1. The number of aromatic nitrogens is 5. The van der Waals surface area contributed by atoms with E-state index in [9.17, 15) is 8.78 Å². The van der Waals surface area contributed by atoms with Crippen LogP contribution in [0.4, 0.5) is 8.78 Å². The molecule has 0 bridgehead atoms. The second-order valence-electron chi connectivity index (χ2n) is 5.74. The van der Waals surface area contributed by atoms with Crippen molar-refractivity contribution in [2.75, 3.05) is 0 Å². The average molecular weight is 339 g/mol. The Bertz CT molecular complexity index is 981. The fraction of sp³-hybridized carbons (Fsp3) is 0.111. The third kappa shape index (κ3) is 3.21.